The maximum absolute atomic E-state index is 13.1. The van der Waals surface area contributed by atoms with Gasteiger partial charge in [-0.3, -0.25) is 20.4 Å². The Labute approximate surface area is 122 Å². The van der Waals surface area contributed by atoms with E-state index in [9.17, 15) is 14.0 Å². The van der Waals surface area contributed by atoms with E-state index >= 15 is 0 Å². The lowest BCUT2D eigenvalue weighted by Gasteiger charge is -2.05. The van der Waals surface area contributed by atoms with Crippen molar-refractivity contribution in [3.8, 4) is 0 Å². The Morgan fingerprint density at radius 2 is 2.05 bits per heavy atom. The zero-order valence-electron chi connectivity index (χ0n) is 10.2. The maximum atomic E-state index is 13.1. The van der Waals surface area contributed by atoms with E-state index in [2.05, 4.69) is 10.9 Å². The summed E-state index contributed by atoms with van der Waals surface area (Å²) in [5.41, 5.74) is 4.69. The SMILES string of the molecule is O=C(NNC(=O)C1CC1)c1sc2cc(F)ccc2c1Cl. The van der Waals surface area contributed by atoms with Gasteiger partial charge in [-0.1, -0.05) is 11.6 Å². The summed E-state index contributed by atoms with van der Waals surface area (Å²) in [6, 6.07) is 4.14. The first-order valence-corrected chi connectivity index (χ1v) is 7.23. The zero-order chi connectivity index (χ0) is 14.3. The van der Waals surface area contributed by atoms with Crippen LogP contribution in [0.4, 0.5) is 4.39 Å². The molecule has 0 spiro atoms. The molecule has 1 heterocycles. The van der Waals surface area contributed by atoms with Crippen LogP contribution in [0, 0.1) is 11.7 Å². The number of amides is 2. The highest BCUT2D eigenvalue weighted by molar-refractivity contribution is 7.21. The van der Waals surface area contributed by atoms with Crippen LogP contribution < -0.4 is 10.9 Å². The topological polar surface area (TPSA) is 58.2 Å². The van der Waals surface area contributed by atoms with Crippen LogP contribution >= 0.6 is 22.9 Å². The van der Waals surface area contributed by atoms with Gasteiger partial charge in [0.25, 0.3) is 5.91 Å². The summed E-state index contributed by atoms with van der Waals surface area (Å²) >= 11 is 7.20. The van der Waals surface area contributed by atoms with Gasteiger partial charge >= 0.3 is 0 Å². The van der Waals surface area contributed by atoms with Gasteiger partial charge in [-0.15, -0.1) is 11.3 Å². The second-order valence-corrected chi connectivity index (χ2v) is 6.03. The monoisotopic (exact) mass is 312 g/mol. The molecule has 0 atom stereocenters. The number of hydrazine groups is 1. The summed E-state index contributed by atoms with van der Waals surface area (Å²) in [5.74, 6) is -1.07. The molecule has 3 rings (SSSR count). The first kappa shape index (κ1) is 13.3. The van der Waals surface area contributed by atoms with E-state index in [4.69, 9.17) is 11.6 Å². The average molecular weight is 313 g/mol. The Bertz CT molecular complexity index is 712. The summed E-state index contributed by atoms with van der Waals surface area (Å²) in [4.78, 5) is 23.7. The molecule has 20 heavy (non-hydrogen) atoms. The molecular formula is C13H10ClFN2O2S. The van der Waals surface area contributed by atoms with Gasteiger partial charge in [0.2, 0.25) is 5.91 Å². The van der Waals surface area contributed by atoms with Gasteiger partial charge < -0.3 is 0 Å². The Morgan fingerprint density at radius 1 is 1.30 bits per heavy atom. The minimum Gasteiger partial charge on any atom is -0.273 e. The molecule has 0 unspecified atom stereocenters. The molecule has 1 saturated carbocycles. The molecule has 0 radical (unpaired) electrons. The lowest BCUT2D eigenvalue weighted by molar-refractivity contribution is -0.123. The largest absolute Gasteiger partial charge is 0.281 e. The first-order valence-electron chi connectivity index (χ1n) is 6.04. The lowest BCUT2D eigenvalue weighted by atomic mass is 10.2. The number of nitrogens with one attached hydrogen (secondary N) is 2. The predicted molar refractivity (Wildman–Crippen MR) is 75.1 cm³/mol. The molecule has 104 valence electrons. The molecular weight excluding hydrogens is 303 g/mol. The minimum atomic E-state index is -0.495. The Morgan fingerprint density at radius 3 is 2.75 bits per heavy atom. The molecule has 2 amide bonds. The molecule has 0 bridgehead atoms. The van der Waals surface area contributed by atoms with Gasteiger partial charge in [-0.05, 0) is 31.0 Å². The number of thiophene rings is 1. The van der Waals surface area contributed by atoms with E-state index in [1.165, 1.54) is 18.2 Å². The molecule has 4 nitrogen and oxygen atoms in total. The van der Waals surface area contributed by atoms with Crippen LogP contribution in [0.5, 0.6) is 0 Å². The highest BCUT2D eigenvalue weighted by Crippen LogP contribution is 2.35. The fourth-order valence-corrected chi connectivity index (χ4v) is 3.24. The van der Waals surface area contributed by atoms with Gasteiger partial charge in [0.05, 0.1) is 5.02 Å². The number of benzene rings is 1. The van der Waals surface area contributed by atoms with Gasteiger partial charge in [0.15, 0.2) is 0 Å². The number of fused-ring (bicyclic) bond motifs is 1. The van der Waals surface area contributed by atoms with Crippen LogP contribution in [0.2, 0.25) is 5.02 Å². The van der Waals surface area contributed by atoms with Crippen molar-refractivity contribution in [1.29, 1.82) is 0 Å². The van der Waals surface area contributed by atoms with Gasteiger partial charge in [0.1, 0.15) is 10.7 Å². The number of carbonyl (C=O) groups excluding carboxylic acids is 2. The van der Waals surface area contributed by atoms with Gasteiger partial charge in [0, 0.05) is 16.0 Å². The molecule has 0 saturated heterocycles. The van der Waals surface area contributed by atoms with E-state index in [1.54, 1.807) is 0 Å². The van der Waals surface area contributed by atoms with Crippen LogP contribution in [0.25, 0.3) is 10.1 Å². The molecule has 1 aliphatic carbocycles. The van der Waals surface area contributed by atoms with Crippen LogP contribution in [0.3, 0.4) is 0 Å². The molecule has 2 N–H and O–H groups in total. The molecule has 2 aromatic rings. The normalized spacial score (nSPS) is 14.3. The van der Waals surface area contributed by atoms with Crippen LogP contribution in [-0.4, -0.2) is 11.8 Å². The van der Waals surface area contributed by atoms with Gasteiger partial charge in [-0.25, -0.2) is 4.39 Å². The van der Waals surface area contributed by atoms with Crippen molar-refractivity contribution in [2.45, 2.75) is 12.8 Å². The van der Waals surface area contributed by atoms with Crippen molar-refractivity contribution in [3.05, 3.63) is 33.9 Å². The molecule has 1 aromatic heterocycles. The number of carbonyl (C=O) groups is 2. The molecule has 1 fully saturated rings. The second kappa shape index (κ2) is 5.03. The van der Waals surface area contributed by atoms with Crippen molar-refractivity contribution in [2.75, 3.05) is 0 Å². The summed E-state index contributed by atoms with van der Waals surface area (Å²) in [6.45, 7) is 0. The van der Waals surface area contributed by atoms with Crippen molar-refractivity contribution in [1.82, 2.24) is 10.9 Å². The fraction of sp³-hybridized carbons (Fsp3) is 0.231. The summed E-state index contributed by atoms with van der Waals surface area (Å²) in [5, 5.41) is 0.889. The Balaban J connectivity index is 1.80. The Kier molecular flexibility index (Phi) is 3.35. The molecule has 1 aromatic carbocycles. The van der Waals surface area contributed by atoms with Crippen LogP contribution in [-0.2, 0) is 4.79 Å². The number of hydrogen-bond acceptors (Lipinski definition) is 3. The Hall–Kier alpha value is -1.66. The van der Waals surface area contributed by atoms with Crippen molar-refractivity contribution in [2.24, 2.45) is 5.92 Å². The third-order valence-corrected chi connectivity index (χ3v) is 4.70. The standard InChI is InChI=1S/C13H10ClFN2O2S/c14-10-8-4-3-7(15)5-9(8)20-11(10)13(19)17-16-12(18)6-1-2-6/h3-6H,1-2H2,(H,16,18)(H,17,19). The minimum absolute atomic E-state index is 0.00211. The van der Waals surface area contributed by atoms with Crippen LogP contribution in [0.1, 0.15) is 22.5 Å². The highest BCUT2D eigenvalue weighted by atomic mass is 35.5. The van der Waals surface area contributed by atoms with Crippen molar-refractivity contribution in [3.63, 3.8) is 0 Å². The maximum Gasteiger partial charge on any atom is 0.281 e. The molecule has 7 heteroatoms. The zero-order valence-corrected chi connectivity index (χ0v) is 11.8. The number of rotatable bonds is 2. The quantitative estimate of drug-likeness (QED) is 0.838. The highest BCUT2D eigenvalue weighted by Gasteiger charge is 2.30. The third kappa shape index (κ3) is 2.48. The number of hydrogen-bond donors (Lipinski definition) is 2. The molecule has 1 aliphatic rings. The van der Waals surface area contributed by atoms with E-state index in [1.807, 2.05) is 0 Å². The predicted octanol–water partition coefficient (Wildman–Crippen LogP) is 2.86. The summed E-state index contributed by atoms with van der Waals surface area (Å²) < 4.78 is 13.7. The lowest BCUT2D eigenvalue weighted by Crippen LogP contribution is -2.42. The average Bonchev–Trinajstić information content (AvgIpc) is 3.21. The second-order valence-electron chi connectivity index (χ2n) is 4.60. The number of halogens is 2. The summed E-state index contributed by atoms with van der Waals surface area (Å²) in [7, 11) is 0. The van der Waals surface area contributed by atoms with E-state index in [0.717, 1.165) is 24.2 Å². The fourth-order valence-electron chi connectivity index (χ4n) is 1.81. The smallest absolute Gasteiger partial charge is 0.273 e. The van der Waals surface area contributed by atoms with Gasteiger partial charge in [-0.2, -0.15) is 0 Å². The van der Waals surface area contributed by atoms with Crippen molar-refractivity contribution < 1.29 is 14.0 Å². The van der Waals surface area contributed by atoms with Crippen molar-refractivity contribution >= 4 is 44.8 Å². The van der Waals surface area contributed by atoms with E-state index in [-0.39, 0.29) is 27.5 Å². The van der Waals surface area contributed by atoms with E-state index in [0.29, 0.717) is 10.1 Å². The van der Waals surface area contributed by atoms with Crippen LogP contribution in [0.15, 0.2) is 18.2 Å². The third-order valence-electron chi connectivity index (χ3n) is 3.05. The molecule has 0 aliphatic heterocycles. The summed E-state index contributed by atoms with van der Waals surface area (Å²) in [6.07, 6.45) is 1.70. The van der Waals surface area contributed by atoms with E-state index < -0.39 is 5.91 Å². The first-order chi connectivity index (χ1) is 9.56.